The van der Waals surface area contributed by atoms with Crippen LogP contribution in [0.5, 0.6) is 5.75 Å². The number of amides is 1. The lowest BCUT2D eigenvalue weighted by Gasteiger charge is -2.13. The van der Waals surface area contributed by atoms with Crippen molar-refractivity contribution in [3.63, 3.8) is 0 Å². The molecule has 0 aliphatic carbocycles. The third kappa shape index (κ3) is 4.39. The van der Waals surface area contributed by atoms with Crippen molar-refractivity contribution in [1.29, 1.82) is 0 Å². The molecule has 3 rings (SSSR count). The van der Waals surface area contributed by atoms with E-state index in [2.05, 4.69) is 15.5 Å². The highest BCUT2D eigenvalue weighted by Crippen LogP contribution is 2.29. The number of methoxy groups -OCH3 is 1. The number of aryl methyl sites for hydroxylation is 1. The van der Waals surface area contributed by atoms with Crippen LogP contribution in [0, 0.1) is 6.92 Å². The fraction of sp³-hybridized carbons (Fsp3) is 0.350. The van der Waals surface area contributed by atoms with Crippen LogP contribution in [-0.4, -0.2) is 33.0 Å². The van der Waals surface area contributed by atoms with Crippen LogP contribution >= 0.6 is 11.8 Å². The van der Waals surface area contributed by atoms with Crippen LogP contribution in [0.15, 0.2) is 46.2 Å². The summed E-state index contributed by atoms with van der Waals surface area (Å²) in [6.45, 7) is 6.96. The van der Waals surface area contributed by atoms with E-state index in [4.69, 9.17) is 9.15 Å². The maximum Gasteiger partial charge on any atom is 0.233 e. The molecule has 28 heavy (non-hydrogen) atoms. The van der Waals surface area contributed by atoms with E-state index in [1.807, 2.05) is 55.7 Å². The molecule has 0 fully saturated rings. The summed E-state index contributed by atoms with van der Waals surface area (Å²) in [5.74, 6) is 2.29. The predicted octanol–water partition coefficient (Wildman–Crippen LogP) is 3.67. The molecule has 0 saturated heterocycles. The summed E-state index contributed by atoms with van der Waals surface area (Å²) in [5.41, 5.74) is 1.93. The van der Waals surface area contributed by atoms with Gasteiger partial charge >= 0.3 is 0 Å². The zero-order chi connectivity index (χ0) is 20.1. The summed E-state index contributed by atoms with van der Waals surface area (Å²) in [6, 6.07) is 9.50. The normalized spacial score (nSPS) is 12.0. The molecule has 1 amide bonds. The zero-order valence-corrected chi connectivity index (χ0v) is 17.2. The molecule has 0 radical (unpaired) electrons. The number of benzene rings is 1. The van der Waals surface area contributed by atoms with Gasteiger partial charge in [-0.2, -0.15) is 0 Å². The Morgan fingerprint density at radius 1 is 1.29 bits per heavy atom. The van der Waals surface area contributed by atoms with E-state index >= 15 is 0 Å². The largest absolute Gasteiger partial charge is 0.497 e. The summed E-state index contributed by atoms with van der Waals surface area (Å²) in [5, 5.41) is 12.0. The van der Waals surface area contributed by atoms with Gasteiger partial charge in [-0.05, 0) is 44.5 Å². The molecule has 7 nitrogen and oxygen atoms in total. The highest BCUT2D eigenvalue weighted by molar-refractivity contribution is 8.00. The van der Waals surface area contributed by atoms with Crippen molar-refractivity contribution in [2.45, 2.75) is 44.3 Å². The van der Waals surface area contributed by atoms with E-state index in [0.29, 0.717) is 18.2 Å². The Morgan fingerprint density at radius 3 is 2.64 bits per heavy atom. The van der Waals surface area contributed by atoms with Crippen LogP contribution < -0.4 is 10.1 Å². The number of carbonyl (C=O) groups excluding carboxylic acids is 1. The average Bonchev–Trinajstić information content (AvgIpc) is 3.31. The summed E-state index contributed by atoms with van der Waals surface area (Å²) in [4.78, 5) is 12.5. The first-order valence-electron chi connectivity index (χ1n) is 9.08. The third-order valence-electron chi connectivity index (χ3n) is 4.41. The summed E-state index contributed by atoms with van der Waals surface area (Å²) in [7, 11) is 1.63. The van der Waals surface area contributed by atoms with E-state index in [1.54, 1.807) is 13.4 Å². The number of rotatable bonds is 8. The molecule has 1 N–H and O–H groups in total. The molecule has 8 heteroatoms. The van der Waals surface area contributed by atoms with Crippen molar-refractivity contribution in [2.24, 2.45) is 0 Å². The molecular weight excluding hydrogens is 376 g/mol. The minimum absolute atomic E-state index is 0.0486. The quantitative estimate of drug-likeness (QED) is 0.581. The SMILES string of the molecule is CCn1c(S[C@H](C)C(=O)NCc2ccc(OC)cc2)nnc1-c1ccoc1C. The summed E-state index contributed by atoms with van der Waals surface area (Å²) >= 11 is 1.39. The molecule has 148 valence electrons. The Bertz CT molecular complexity index is 933. The fourth-order valence-electron chi connectivity index (χ4n) is 2.77. The standard InChI is InChI=1S/C20H24N4O3S/c1-5-24-18(17-10-11-27-13(17)2)22-23-20(24)28-14(3)19(25)21-12-15-6-8-16(26-4)9-7-15/h6-11,14H,5,12H2,1-4H3,(H,21,25)/t14-/m1/s1. The molecule has 2 heterocycles. The van der Waals surface area contributed by atoms with Gasteiger partial charge in [0.2, 0.25) is 5.91 Å². The van der Waals surface area contributed by atoms with Crippen molar-refractivity contribution in [3.05, 3.63) is 47.9 Å². The van der Waals surface area contributed by atoms with Gasteiger partial charge < -0.3 is 19.0 Å². The van der Waals surface area contributed by atoms with Gasteiger partial charge in [-0.15, -0.1) is 10.2 Å². The zero-order valence-electron chi connectivity index (χ0n) is 16.4. The van der Waals surface area contributed by atoms with E-state index in [9.17, 15) is 4.79 Å². The van der Waals surface area contributed by atoms with Crippen molar-refractivity contribution in [1.82, 2.24) is 20.1 Å². The van der Waals surface area contributed by atoms with E-state index < -0.39 is 0 Å². The van der Waals surface area contributed by atoms with Gasteiger partial charge in [0.15, 0.2) is 11.0 Å². The first-order chi connectivity index (χ1) is 13.5. The number of aromatic nitrogens is 3. The Labute approximate surface area is 168 Å². The van der Waals surface area contributed by atoms with E-state index in [0.717, 1.165) is 28.5 Å². The Hall–Kier alpha value is -2.74. The molecule has 2 aromatic heterocycles. The van der Waals surface area contributed by atoms with Crippen LogP contribution in [-0.2, 0) is 17.9 Å². The van der Waals surface area contributed by atoms with Gasteiger partial charge in [0.1, 0.15) is 11.5 Å². The number of nitrogens with one attached hydrogen (secondary N) is 1. The fourth-order valence-corrected chi connectivity index (χ4v) is 3.70. The lowest BCUT2D eigenvalue weighted by atomic mass is 10.2. The number of hydrogen-bond acceptors (Lipinski definition) is 6. The first-order valence-corrected chi connectivity index (χ1v) is 9.96. The van der Waals surface area contributed by atoms with E-state index in [1.165, 1.54) is 11.8 Å². The van der Waals surface area contributed by atoms with Crippen LogP contribution in [0.4, 0.5) is 0 Å². The van der Waals surface area contributed by atoms with Gasteiger partial charge in [-0.25, -0.2) is 0 Å². The number of thioether (sulfide) groups is 1. The number of hydrogen-bond donors (Lipinski definition) is 1. The molecule has 0 aliphatic heterocycles. The summed E-state index contributed by atoms with van der Waals surface area (Å²) < 4.78 is 12.5. The van der Waals surface area contributed by atoms with Crippen molar-refractivity contribution < 1.29 is 13.9 Å². The monoisotopic (exact) mass is 400 g/mol. The van der Waals surface area contributed by atoms with Gasteiger partial charge in [-0.1, -0.05) is 23.9 Å². The van der Waals surface area contributed by atoms with Gasteiger partial charge in [0.25, 0.3) is 0 Å². The molecule has 0 saturated carbocycles. The van der Waals surface area contributed by atoms with Gasteiger partial charge in [0, 0.05) is 13.1 Å². The summed E-state index contributed by atoms with van der Waals surface area (Å²) in [6.07, 6.45) is 1.64. The first kappa shape index (κ1) is 20.0. The molecule has 1 aromatic carbocycles. The number of ether oxygens (including phenoxy) is 1. The van der Waals surface area contributed by atoms with Gasteiger partial charge in [-0.3, -0.25) is 4.79 Å². The smallest absolute Gasteiger partial charge is 0.233 e. The highest BCUT2D eigenvalue weighted by Gasteiger charge is 2.21. The van der Waals surface area contributed by atoms with Crippen molar-refractivity contribution in [3.8, 4) is 17.1 Å². The molecule has 3 aromatic rings. The molecule has 0 unspecified atom stereocenters. The second kappa shape index (κ2) is 8.97. The third-order valence-corrected chi connectivity index (χ3v) is 5.49. The molecule has 0 bridgehead atoms. The minimum atomic E-state index is -0.300. The molecule has 1 atom stereocenters. The average molecular weight is 401 g/mol. The molecule has 0 spiro atoms. The lowest BCUT2D eigenvalue weighted by molar-refractivity contribution is -0.120. The van der Waals surface area contributed by atoms with Crippen molar-refractivity contribution in [2.75, 3.05) is 7.11 Å². The Kier molecular flexibility index (Phi) is 6.41. The maximum absolute atomic E-state index is 12.5. The number of furan rings is 1. The topological polar surface area (TPSA) is 82.2 Å². The van der Waals surface area contributed by atoms with Gasteiger partial charge in [0.05, 0.1) is 24.2 Å². The maximum atomic E-state index is 12.5. The van der Waals surface area contributed by atoms with Crippen LogP contribution in [0.25, 0.3) is 11.4 Å². The second-order valence-electron chi connectivity index (χ2n) is 6.27. The second-order valence-corrected chi connectivity index (χ2v) is 7.57. The molecule has 0 aliphatic rings. The van der Waals surface area contributed by atoms with Crippen molar-refractivity contribution >= 4 is 17.7 Å². The van der Waals surface area contributed by atoms with Crippen LogP contribution in [0.1, 0.15) is 25.2 Å². The van der Waals surface area contributed by atoms with Crippen LogP contribution in [0.3, 0.4) is 0 Å². The predicted molar refractivity (Wildman–Crippen MR) is 108 cm³/mol. The number of carbonyl (C=O) groups is 1. The van der Waals surface area contributed by atoms with Crippen LogP contribution in [0.2, 0.25) is 0 Å². The number of nitrogens with zero attached hydrogens (tertiary/aromatic N) is 3. The highest BCUT2D eigenvalue weighted by atomic mass is 32.2. The Morgan fingerprint density at radius 2 is 2.04 bits per heavy atom. The minimum Gasteiger partial charge on any atom is -0.497 e. The lowest BCUT2D eigenvalue weighted by Crippen LogP contribution is -2.30. The molecular formula is C20H24N4O3S. The Balaban J connectivity index is 1.63. The van der Waals surface area contributed by atoms with E-state index in [-0.39, 0.29) is 11.2 Å².